The monoisotopic (exact) mass is 276 g/mol. The number of anilines is 1. The molecule has 0 aliphatic carbocycles. The van der Waals surface area contributed by atoms with Crippen molar-refractivity contribution in [3.63, 3.8) is 0 Å². The molecule has 102 valence electrons. The summed E-state index contributed by atoms with van der Waals surface area (Å²) < 4.78 is 12.3. The highest BCUT2D eigenvalue weighted by Gasteiger charge is 2.17. The molecule has 1 heterocycles. The van der Waals surface area contributed by atoms with E-state index in [-0.39, 0.29) is 5.25 Å². The van der Waals surface area contributed by atoms with Crippen molar-refractivity contribution in [1.82, 2.24) is 4.98 Å². The Morgan fingerprint density at radius 2 is 2.00 bits per heavy atom. The van der Waals surface area contributed by atoms with Gasteiger partial charge in [0, 0.05) is 33.3 Å². The Labute approximate surface area is 116 Å². The summed E-state index contributed by atoms with van der Waals surface area (Å²) in [6.07, 6.45) is 1.75. The minimum atomic E-state index is -0.889. The number of hydrogen-bond acceptors (Lipinski definition) is 3. The van der Waals surface area contributed by atoms with Crippen LogP contribution in [0.3, 0.4) is 0 Å². The first-order valence-electron chi connectivity index (χ1n) is 6.50. The molecule has 2 unspecified atom stereocenters. The predicted molar refractivity (Wildman–Crippen MR) is 82.3 cm³/mol. The molecule has 1 aromatic carbocycles. The highest BCUT2D eigenvalue weighted by atomic mass is 32.2. The molecule has 1 aromatic heterocycles. The van der Waals surface area contributed by atoms with Crippen molar-refractivity contribution in [3.8, 4) is 0 Å². The van der Waals surface area contributed by atoms with E-state index in [1.54, 1.807) is 6.20 Å². The number of fused-ring (bicyclic) bond motifs is 1. The van der Waals surface area contributed by atoms with E-state index >= 15 is 0 Å². The summed E-state index contributed by atoms with van der Waals surface area (Å²) in [4.78, 5) is 4.38. The number of pyridine rings is 1. The van der Waals surface area contributed by atoms with E-state index < -0.39 is 10.8 Å². The van der Waals surface area contributed by atoms with Gasteiger partial charge in [-0.2, -0.15) is 0 Å². The van der Waals surface area contributed by atoms with Gasteiger partial charge in [0.2, 0.25) is 0 Å². The molecule has 0 spiro atoms. The van der Waals surface area contributed by atoms with Crippen molar-refractivity contribution in [1.29, 1.82) is 0 Å². The largest absolute Gasteiger partial charge is 0.398 e. The smallest absolute Gasteiger partial charge is 0.0763 e. The minimum absolute atomic E-state index is 0.177. The third kappa shape index (κ3) is 2.95. The maximum atomic E-state index is 12.3. The molecule has 3 nitrogen and oxygen atoms in total. The van der Waals surface area contributed by atoms with E-state index in [0.29, 0.717) is 11.7 Å². The maximum Gasteiger partial charge on any atom is 0.0763 e. The summed E-state index contributed by atoms with van der Waals surface area (Å²) in [7, 11) is -0.889. The van der Waals surface area contributed by atoms with E-state index in [9.17, 15) is 4.21 Å². The number of nitrogen functional groups attached to an aromatic ring is 1. The van der Waals surface area contributed by atoms with Crippen LogP contribution in [0, 0.1) is 5.92 Å². The SMILES string of the molecule is CC(C)C(C)S(=O)Cc1ccc(N)c2cccnc12. The highest BCUT2D eigenvalue weighted by molar-refractivity contribution is 7.84. The van der Waals surface area contributed by atoms with Crippen LogP contribution in [0.25, 0.3) is 10.9 Å². The highest BCUT2D eigenvalue weighted by Crippen LogP contribution is 2.24. The first-order valence-corrected chi connectivity index (χ1v) is 7.88. The second-order valence-corrected chi connectivity index (χ2v) is 6.98. The average Bonchev–Trinajstić information content (AvgIpc) is 2.41. The van der Waals surface area contributed by atoms with Crippen LogP contribution in [-0.2, 0) is 16.6 Å². The van der Waals surface area contributed by atoms with Crippen LogP contribution in [0.2, 0.25) is 0 Å². The summed E-state index contributed by atoms with van der Waals surface area (Å²) >= 11 is 0. The van der Waals surface area contributed by atoms with Crippen LogP contribution in [0.1, 0.15) is 26.3 Å². The summed E-state index contributed by atoms with van der Waals surface area (Å²) in [5.41, 5.74) is 8.54. The molecule has 0 amide bonds. The second kappa shape index (κ2) is 5.70. The lowest BCUT2D eigenvalue weighted by molar-refractivity contribution is 0.605. The van der Waals surface area contributed by atoms with Crippen molar-refractivity contribution in [2.24, 2.45) is 5.92 Å². The van der Waals surface area contributed by atoms with E-state index in [2.05, 4.69) is 18.8 Å². The molecule has 0 radical (unpaired) electrons. The zero-order valence-corrected chi connectivity index (χ0v) is 12.4. The molecule has 4 heteroatoms. The van der Waals surface area contributed by atoms with Gasteiger partial charge in [-0.1, -0.05) is 26.8 Å². The fourth-order valence-corrected chi connectivity index (χ4v) is 3.37. The fraction of sp³-hybridized carbons (Fsp3) is 0.400. The van der Waals surface area contributed by atoms with E-state index in [4.69, 9.17) is 5.73 Å². The van der Waals surface area contributed by atoms with Crippen LogP contribution >= 0.6 is 0 Å². The quantitative estimate of drug-likeness (QED) is 0.873. The molecular formula is C15H20N2OS. The number of benzene rings is 1. The van der Waals surface area contributed by atoms with Crippen molar-refractivity contribution < 1.29 is 4.21 Å². The van der Waals surface area contributed by atoms with Crippen LogP contribution in [0.4, 0.5) is 5.69 Å². The van der Waals surface area contributed by atoms with Gasteiger partial charge in [0.1, 0.15) is 0 Å². The number of nitrogens with two attached hydrogens (primary N) is 1. The first-order chi connectivity index (χ1) is 9.00. The van der Waals surface area contributed by atoms with Gasteiger partial charge in [0.15, 0.2) is 0 Å². The maximum absolute atomic E-state index is 12.3. The van der Waals surface area contributed by atoms with Gasteiger partial charge >= 0.3 is 0 Å². The van der Waals surface area contributed by atoms with E-state index in [0.717, 1.165) is 22.2 Å². The van der Waals surface area contributed by atoms with Gasteiger partial charge in [0.25, 0.3) is 0 Å². The van der Waals surface area contributed by atoms with Crippen LogP contribution in [0.15, 0.2) is 30.5 Å². The van der Waals surface area contributed by atoms with Crippen molar-refractivity contribution in [3.05, 3.63) is 36.0 Å². The molecule has 19 heavy (non-hydrogen) atoms. The van der Waals surface area contributed by atoms with Crippen LogP contribution < -0.4 is 5.73 Å². The molecule has 2 rings (SSSR count). The van der Waals surface area contributed by atoms with Crippen LogP contribution in [-0.4, -0.2) is 14.4 Å². The normalized spacial score (nSPS) is 14.7. The summed E-state index contributed by atoms with van der Waals surface area (Å²) in [6, 6.07) is 7.64. The molecule has 2 atom stereocenters. The Kier molecular flexibility index (Phi) is 4.20. The fourth-order valence-electron chi connectivity index (χ4n) is 1.96. The zero-order valence-electron chi connectivity index (χ0n) is 11.6. The molecule has 0 saturated carbocycles. The lowest BCUT2D eigenvalue weighted by Crippen LogP contribution is -2.19. The van der Waals surface area contributed by atoms with Gasteiger partial charge in [-0.25, -0.2) is 0 Å². The van der Waals surface area contributed by atoms with Gasteiger partial charge < -0.3 is 5.73 Å². The zero-order chi connectivity index (χ0) is 14.0. The summed E-state index contributed by atoms with van der Waals surface area (Å²) in [5.74, 6) is 0.946. The molecule has 2 aromatic rings. The van der Waals surface area contributed by atoms with Crippen LogP contribution in [0.5, 0.6) is 0 Å². The van der Waals surface area contributed by atoms with Gasteiger partial charge in [-0.05, 0) is 29.7 Å². The third-order valence-corrected chi connectivity index (χ3v) is 5.51. The lowest BCUT2D eigenvalue weighted by atomic mass is 10.1. The molecule has 2 N–H and O–H groups in total. The van der Waals surface area contributed by atoms with E-state index in [1.807, 2.05) is 31.2 Å². The number of aromatic nitrogens is 1. The Morgan fingerprint density at radius 1 is 1.26 bits per heavy atom. The van der Waals surface area contributed by atoms with Gasteiger partial charge in [-0.3, -0.25) is 9.19 Å². The third-order valence-electron chi connectivity index (χ3n) is 3.54. The molecule has 0 bridgehead atoms. The Morgan fingerprint density at radius 3 is 2.68 bits per heavy atom. The topological polar surface area (TPSA) is 56.0 Å². The Hall–Kier alpha value is -1.42. The van der Waals surface area contributed by atoms with Gasteiger partial charge in [0.05, 0.1) is 11.3 Å². The number of rotatable bonds is 4. The number of nitrogens with zero attached hydrogens (tertiary/aromatic N) is 1. The summed E-state index contributed by atoms with van der Waals surface area (Å²) in [6.45, 7) is 6.23. The van der Waals surface area contributed by atoms with E-state index in [1.165, 1.54) is 0 Å². The molecular weight excluding hydrogens is 256 g/mol. The lowest BCUT2D eigenvalue weighted by Gasteiger charge is -2.16. The minimum Gasteiger partial charge on any atom is -0.398 e. The number of hydrogen-bond donors (Lipinski definition) is 1. The average molecular weight is 276 g/mol. The standard InChI is InChI=1S/C15H20N2OS/c1-10(2)11(3)19(18)9-12-6-7-14(16)13-5-4-8-17-15(12)13/h4-8,10-11H,9,16H2,1-3H3. The molecule has 0 fully saturated rings. The Balaban J connectivity index is 2.36. The van der Waals surface area contributed by atoms with Crippen molar-refractivity contribution in [2.75, 3.05) is 5.73 Å². The summed E-state index contributed by atoms with van der Waals surface area (Å²) in [5, 5.41) is 1.12. The van der Waals surface area contributed by atoms with Gasteiger partial charge in [-0.15, -0.1) is 0 Å². The molecule has 0 aliphatic heterocycles. The second-order valence-electron chi connectivity index (χ2n) is 5.19. The molecule has 0 saturated heterocycles. The first kappa shape index (κ1) is 14.0. The Bertz CT molecular complexity index is 610. The van der Waals surface area contributed by atoms with Crippen molar-refractivity contribution in [2.45, 2.75) is 31.8 Å². The van der Waals surface area contributed by atoms with Crippen molar-refractivity contribution >= 4 is 27.4 Å². The molecule has 0 aliphatic rings. The predicted octanol–water partition coefficient (Wildman–Crippen LogP) is 3.11.